The monoisotopic (exact) mass is 304 g/mol. The van der Waals surface area contributed by atoms with Gasteiger partial charge in [-0.1, -0.05) is 23.7 Å². The molecule has 0 saturated carbocycles. The Kier molecular flexibility index (Phi) is 5.34. The van der Waals surface area contributed by atoms with Gasteiger partial charge < -0.3 is 29.9 Å². The van der Waals surface area contributed by atoms with Gasteiger partial charge in [-0.3, -0.25) is 0 Å². The highest BCUT2D eigenvalue weighted by Gasteiger charge is 2.43. The van der Waals surface area contributed by atoms with Crippen molar-refractivity contribution in [2.45, 2.75) is 30.7 Å². The second-order valence-electron chi connectivity index (χ2n) is 4.59. The maximum atomic E-state index is 9.89. The number of halogens is 1. The zero-order valence-electron chi connectivity index (χ0n) is 10.6. The van der Waals surface area contributed by atoms with Crippen LogP contribution in [-0.4, -0.2) is 58.1 Å². The molecule has 1 heterocycles. The molecule has 7 heteroatoms. The zero-order valence-corrected chi connectivity index (χ0v) is 11.3. The Morgan fingerprint density at radius 3 is 2.55 bits per heavy atom. The fourth-order valence-electron chi connectivity index (χ4n) is 2.08. The lowest BCUT2D eigenvalue weighted by Gasteiger charge is -2.23. The maximum absolute atomic E-state index is 9.89. The van der Waals surface area contributed by atoms with Gasteiger partial charge in [0.1, 0.15) is 24.4 Å². The molecule has 1 aromatic rings. The third kappa shape index (κ3) is 3.29. The van der Waals surface area contributed by atoms with E-state index in [0.29, 0.717) is 10.6 Å². The summed E-state index contributed by atoms with van der Waals surface area (Å²) in [5, 5.41) is 38.0. The summed E-state index contributed by atoms with van der Waals surface area (Å²) in [6.07, 6.45) is -5.25. The minimum atomic E-state index is -1.37. The molecule has 0 radical (unpaired) electrons. The van der Waals surface area contributed by atoms with E-state index in [2.05, 4.69) is 0 Å². The lowest BCUT2D eigenvalue weighted by Crippen LogP contribution is -2.45. The Morgan fingerprint density at radius 1 is 1.20 bits per heavy atom. The van der Waals surface area contributed by atoms with Crippen LogP contribution in [0.4, 0.5) is 0 Å². The normalized spacial score (nSPS) is 29.4. The molecule has 20 heavy (non-hydrogen) atoms. The first-order chi connectivity index (χ1) is 9.56. The summed E-state index contributed by atoms with van der Waals surface area (Å²) in [6.45, 7) is -0.988. The zero-order chi connectivity index (χ0) is 14.7. The van der Waals surface area contributed by atoms with E-state index in [9.17, 15) is 15.3 Å². The summed E-state index contributed by atoms with van der Waals surface area (Å²) in [5.41, 5.74) is 0.643. The lowest BCUT2D eigenvalue weighted by molar-refractivity contribution is -0.113. The summed E-state index contributed by atoms with van der Waals surface area (Å²) in [6, 6.07) is 6.82. The van der Waals surface area contributed by atoms with E-state index in [0.717, 1.165) is 0 Å². The number of aliphatic hydroxyl groups excluding tert-OH is 4. The largest absolute Gasteiger partial charge is 0.394 e. The van der Waals surface area contributed by atoms with E-state index in [1.165, 1.54) is 0 Å². The quantitative estimate of drug-likeness (QED) is 0.603. The van der Waals surface area contributed by atoms with Crippen LogP contribution in [0.1, 0.15) is 11.9 Å². The maximum Gasteiger partial charge on any atom is 0.185 e. The summed E-state index contributed by atoms with van der Waals surface area (Å²) in [7, 11) is 0. The summed E-state index contributed by atoms with van der Waals surface area (Å²) < 4.78 is 11.0. The molecular formula is C13H17ClO6. The fourth-order valence-corrected chi connectivity index (χ4v) is 2.28. The smallest absolute Gasteiger partial charge is 0.185 e. The molecule has 0 bridgehead atoms. The first kappa shape index (κ1) is 15.7. The molecule has 0 aliphatic carbocycles. The van der Waals surface area contributed by atoms with Crippen LogP contribution >= 0.6 is 11.6 Å². The van der Waals surface area contributed by atoms with Crippen molar-refractivity contribution < 1.29 is 29.9 Å². The van der Waals surface area contributed by atoms with Gasteiger partial charge in [0.2, 0.25) is 0 Å². The number of hydrogen-bond acceptors (Lipinski definition) is 6. The summed E-state index contributed by atoms with van der Waals surface area (Å²) in [4.78, 5) is 0. The number of rotatable bonds is 5. The predicted molar refractivity (Wildman–Crippen MR) is 70.1 cm³/mol. The van der Waals surface area contributed by atoms with E-state index in [-0.39, 0.29) is 6.61 Å². The molecule has 112 valence electrons. The van der Waals surface area contributed by atoms with Crippen molar-refractivity contribution in [2.75, 3.05) is 13.2 Å². The van der Waals surface area contributed by atoms with E-state index in [4.69, 9.17) is 26.2 Å². The van der Waals surface area contributed by atoms with Crippen LogP contribution in [0.3, 0.4) is 0 Å². The summed E-state index contributed by atoms with van der Waals surface area (Å²) in [5.74, 6) is 0. The number of hydrogen-bond donors (Lipinski definition) is 4. The molecule has 1 saturated heterocycles. The third-order valence-electron chi connectivity index (χ3n) is 3.16. The molecule has 0 aromatic heterocycles. The van der Waals surface area contributed by atoms with Crippen LogP contribution in [0.25, 0.3) is 0 Å². The van der Waals surface area contributed by atoms with Crippen molar-refractivity contribution in [3.05, 3.63) is 34.9 Å². The number of benzene rings is 1. The molecule has 0 amide bonds. The highest BCUT2D eigenvalue weighted by atomic mass is 35.5. The second-order valence-corrected chi connectivity index (χ2v) is 5.02. The van der Waals surface area contributed by atoms with Gasteiger partial charge in [0.25, 0.3) is 0 Å². The Labute approximate surface area is 121 Å². The van der Waals surface area contributed by atoms with Gasteiger partial charge in [-0.25, -0.2) is 0 Å². The minimum Gasteiger partial charge on any atom is -0.394 e. The molecule has 6 nitrogen and oxygen atoms in total. The van der Waals surface area contributed by atoms with Crippen molar-refractivity contribution >= 4 is 11.6 Å². The van der Waals surface area contributed by atoms with Gasteiger partial charge in [0.05, 0.1) is 13.2 Å². The fraction of sp³-hybridized carbons (Fsp3) is 0.538. The molecule has 1 aliphatic heterocycles. The van der Waals surface area contributed by atoms with Crippen LogP contribution < -0.4 is 0 Å². The SMILES string of the molecule is OC[C@@H](O)[C@H](O)[C@H]1OC(c2cccc(Cl)c2)O[C@H]1CO. The van der Waals surface area contributed by atoms with E-state index >= 15 is 0 Å². The van der Waals surface area contributed by atoms with Crippen LogP contribution in [0.15, 0.2) is 24.3 Å². The van der Waals surface area contributed by atoms with Gasteiger partial charge >= 0.3 is 0 Å². The standard InChI is InChI=1S/C13H17ClO6/c14-8-3-1-2-7(4-8)13-19-10(6-16)12(20-13)11(18)9(17)5-15/h1-4,9-13,15-18H,5-6H2/t9-,10+,11+,12+,13?/m1/s1. The number of ether oxygens (including phenoxy) is 2. The van der Waals surface area contributed by atoms with E-state index < -0.39 is 37.3 Å². The first-order valence-electron chi connectivity index (χ1n) is 6.21. The lowest BCUT2D eigenvalue weighted by atomic mass is 10.0. The van der Waals surface area contributed by atoms with Gasteiger partial charge in [-0.2, -0.15) is 0 Å². The highest BCUT2D eigenvalue weighted by Crippen LogP contribution is 2.34. The molecule has 1 aromatic carbocycles. The van der Waals surface area contributed by atoms with Crippen LogP contribution in [0.2, 0.25) is 5.02 Å². The molecule has 2 rings (SSSR count). The van der Waals surface area contributed by atoms with Gasteiger partial charge in [0.15, 0.2) is 6.29 Å². The molecule has 1 fully saturated rings. The Hall–Kier alpha value is -0.730. The van der Waals surface area contributed by atoms with Crippen LogP contribution in [0.5, 0.6) is 0 Å². The average molecular weight is 305 g/mol. The topological polar surface area (TPSA) is 99.4 Å². The van der Waals surface area contributed by atoms with E-state index in [1.54, 1.807) is 24.3 Å². The minimum absolute atomic E-state index is 0.378. The number of aliphatic hydroxyl groups is 4. The molecule has 4 N–H and O–H groups in total. The molecular weight excluding hydrogens is 288 g/mol. The highest BCUT2D eigenvalue weighted by molar-refractivity contribution is 6.30. The Balaban J connectivity index is 2.13. The van der Waals surface area contributed by atoms with Crippen LogP contribution in [0, 0.1) is 0 Å². The van der Waals surface area contributed by atoms with Gasteiger partial charge in [-0.05, 0) is 12.1 Å². The molecule has 5 atom stereocenters. The predicted octanol–water partition coefficient (Wildman–Crippen LogP) is -0.171. The van der Waals surface area contributed by atoms with Crippen molar-refractivity contribution in [3.63, 3.8) is 0 Å². The molecule has 1 aliphatic rings. The van der Waals surface area contributed by atoms with Gasteiger partial charge in [0, 0.05) is 10.6 Å². The average Bonchev–Trinajstić information content (AvgIpc) is 2.89. The molecule has 1 unspecified atom stereocenters. The van der Waals surface area contributed by atoms with Crippen molar-refractivity contribution in [1.82, 2.24) is 0 Å². The van der Waals surface area contributed by atoms with Crippen molar-refractivity contribution in [1.29, 1.82) is 0 Å². The first-order valence-corrected chi connectivity index (χ1v) is 6.59. The summed E-state index contributed by atoms with van der Waals surface area (Å²) >= 11 is 5.88. The third-order valence-corrected chi connectivity index (χ3v) is 3.40. The second kappa shape index (κ2) is 6.82. The van der Waals surface area contributed by atoms with Crippen molar-refractivity contribution in [3.8, 4) is 0 Å². The Bertz CT molecular complexity index is 443. The molecule has 0 spiro atoms. The van der Waals surface area contributed by atoms with Crippen LogP contribution in [-0.2, 0) is 9.47 Å². The van der Waals surface area contributed by atoms with E-state index in [1.807, 2.05) is 0 Å². The Morgan fingerprint density at radius 2 is 1.95 bits per heavy atom. The van der Waals surface area contributed by atoms with Crippen molar-refractivity contribution in [2.24, 2.45) is 0 Å². The van der Waals surface area contributed by atoms with Gasteiger partial charge in [-0.15, -0.1) is 0 Å².